The van der Waals surface area contributed by atoms with Gasteiger partial charge in [0.15, 0.2) is 5.69 Å². The minimum Gasteiger partial charge on any atom is -0.299 e. The molecule has 5 rings (SSSR count). The Kier molecular flexibility index (Phi) is 3.50. The van der Waals surface area contributed by atoms with E-state index >= 15 is 0 Å². The fraction of sp³-hybridized carbons (Fsp3) is 0.0952. The van der Waals surface area contributed by atoms with Crippen LogP contribution in [0.15, 0.2) is 67.0 Å². The van der Waals surface area contributed by atoms with Crippen molar-refractivity contribution in [2.24, 2.45) is 0 Å². The van der Waals surface area contributed by atoms with Gasteiger partial charge in [-0.3, -0.25) is 14.1 Å². The van der Waals surface area contributed by atoms with Crippen LogP contribution in [-0.4, -0.2) is 26.8 Å². The zero-order chi connectivity index (χ0) is 18.4. The molecule has 4 aromatic rings. The molecule has 0 saturated heterocycles. The number of benzene rings is 1. The normalized spacial score (nSPS) is 13.1. The van der Waals surface area contributed by atoms with Gasteiger partial charge in [-0.15, -0.1) is 0 Å². The topological polar surface area (TPSA) is 50.5 Å². The predicted octanol–water partition coefficient (Wildman–Crippen LogP) is 3.74. The molecule has 0 radical (unpaired) electrons. The molecular formula is C21H15FN4O. The van der Waals surface area contributed by atoms with Gasteiger partial charge in [0, 0.05) is 24.5 Å². The molecule has 0 aliphatic carbocycles. The summed E-state index contributed by atoms with van der Waals surface area (Å²) in [4.78, 5) is 24.0. The maximum Gasteiger partial charge on any atom is 0.280 e. The van der Waals surface area contributed by atoms with Crippen molar-refractivity contribution >= 4 is 17.2 Å². The molecule has 27 heavy (non-hydrogen) atoms. The lowest BCUT2D eigenvalue weighted by Crippen LogP contribution is -2.30. The summed E-state index contributed by atoms with van der Waals surface area (Å²) >= 11 is 0. The fourth-order valence-corrected chi connectivity index (χ4v) is 3.53. The second kappa shape index (κ2) is 6.02. The number of imidazole rings is 1. The first kappa shape index (κ1) is 15.7. The molecule has 4 heterocycles. The van der Waals surface area contributed by atoms with Gasteiger partial charge in [0.2, 0.25) is 0 Å². The lowest BCUT2D eigenvalue weighted by Gasteiger charge is -2.14. The van der Waals surface area contributed by atoms with Gasteiger partial charge >= 0.3 is 0 Å². The van der Waals surface area contributed by atoms with E-state index < -0.39 is 0 Å². The largest absolute Gasteiger partial charge is 0.299 e. The first-order chi connectivity index (χ1) is 13.2. The maximum absolute atomic E-state index is 13.3. The third-order valence-electron chi connectivity index (χ3n) is 4.83. The second-order valence-corrected chi connectivity index (χ2v) is 6.44. The zero-order valence-electron chi connectivity index (χ0n) is 14.3. The fourth-order valence-electron chi connectivity index (χ4n) is 3.53. The Morgan fingerprint density at radius 3 is 2.74 bits per heavy atom. The van der Waals surface area contributed by atoms with E-state index in [0.717, 1.165) is 17.5 Å². The number of hydrogen-bond acceptors (Lipinski definition) is 3. The summed E-state index contributed by atoms with van der Waals surface area (Å²) in [6.45, 7) is 0.586. The molecular weight excluding hydrogens is 343 g/mol. The molecule has 0 bridgehead atoms. The smallest absolute Gasteiger partial charge is 0.280 e. The number of carbonyl (C=O) groups is 1. The van der Waals surface area contributed by atoms with Gasteiger partial charge in [-0.1, -0.05) is 12.1 Å². The van der Waals surface area contributed by atoms with Crippen LogP contribution in [0.25, 0.3) is 16.9 Å². The van der Waals surface area contributed by atoms with E-state index in [-0.39, 0.29) is 11.7 Å². The molecule has 0 atom stereocenters. The molecule has 0 saturated carbocycles. The second-order valence-electron chi connectivity index (χ2n) is 6.44. The number of hydrogen-bond donors (Lipinski definition) is 0. The Hall–Kier alpha value is -3.54. The van der Waals surface area contributed by atoms with Gasteiger partial charge in [-0.25, -0.2) is 14.4 Å². The molecule has 1 aromatic carbocycles. The van der Waals surface area contributed by atoms with Crippen LogP contribution in [0.4, 0.5) is 10.2 Å². The number of carbonyl (C=O) groups excluding carboxylic acids is 1. The van der Waals surface area contributed by atoms with Crippen molar-refractivity contribution in [3.05, 3.63) is 84.1 Å². The van der Waals surface area contributed by atoms with Crippen molar-refractivity contribution in [1.82, 2.24) is 14.4 Å². The van der Waals surface area contributed by atoms with E-state index in [9.17, 15) is 9.18 Å². The number of nitrogens with zero attached hydrogens (tertiary/aromatic N) is 4. The summed E-state index contributed by atoms with van der Waals surface area (Å²) in [6.07, 6.45) is 4.33. The summed E-state index contributed by atoms with van der Waals surface area (Å²) < 4.78 is 15.2. The SMILES string of the molecule is O=C(c1nc(-c2ccc(F)cc2)n2ccccc12)N1CCc2cccnc21. The predicted molar refractivity (Wildman–Crippen MR) is 100 cm³/mol. The summed E-state index contributed by atoms with van der Waals surface area (Å²) in [6, 6.07) is 15.6. The number of anilines is 1. The molecule has 1 aliphatic rings. The van der Waals surface area contributed by atoms with Gasteiger partial charge in [0.1, 0.15) is 17.5 Å². The van der Waals surface area contributed by atoms with Crippen molar-refractivity contribution in [3.63, 3.8) is 0 Å². The molecule has 6 heteroatoms. The zero-order valence-corrected chi connectivity index (χ0v) is 14.3. The van der Waals surface area contributed by atoms with Crippen LogP contribution >= 0.6 is 0 Å². The standard InChI is InChI=1S/C21H15FN4O/c22-16-8-6-15(7-9-16)20-24-18(17-5-1-2-12-25(17)20)21(27)26-13-10-14-4-3-11-23-19(14)26/h1-9,11-12H,10,13H2. The monoisotopic (exact) mass is 358 g/mol. The Morgan fingerprint density at radius 1 is 1.04 bits per heavy atom. The van der Waals surface area contributed by atoms with Gasteiger partial charge in [-0.05, 0) is 54.4 Å². The van der Waals surface area contributed by atoms with Crippen molar-refractivity contribution in [3.8, 4) is 11.4 Å². The van der Waals surface area contributed by atoms with Crippen LogP contribution < -0.4 is 4.90 Å². The Balaban J connectivity index is 1.64. The van der Waals surface area contributed by atoms with Crippen LogP contribution in [0, 0.1) is 5.82 Å². The molecule has 132 valence electrons. The van der Waals surface area contributed by atoms with E-state index in [0.29, 0.717) is 29.4 Å². The van der Waals surface area contributed by atoms with Crippen molar-refractivity contribution in [1.29, 1.82) is 0 Å². The Bertz CT molecular complexity index is 1170. The molecule has 3 aromatic heterocycles. The number of fused-ring (bicyclic) bond motifs is 2. The molecule has 5 nitrogen and oxygen atoms in total. The highest BCUT2D eigenvalue weighted by molar-refractivity contribution is 6.10. The van der Waals surface area contributed by atoms with Crippen LogP contribution in [0.5, 0.6) is 0 Å². The van der Waals surface area contributed by atoms with E-state index in [1.165, 1.54) is 12.1 Å². The van der Waals surface area contributed by atoms with Gasteiger partial charge in [0.05, 0.1) is 5.52 Å². The average molecular weight is 358 g/mol. The summed E-state index contributed by atoms with van der Waals surface area (Å²) in [7, 11) is 0. The third kappa shape index (κ3) is 2.49. The highest BCUT2D eigenvalue weighted by atomic mass is 19.1. The van der Waals surface area contributed by atoms with Gasteiger partial charge < -0.3 is 0 Å². The molecule has 1 amide bonds. The summed E-state index contributed by atoms with van der Waals surface area (Å²) in [5.74, 6) is 0.817. The molecule has 0 N–H and O–H groups in total. The van der Waals surface area contributed by atoms with Crippen LogP contribution in [0.2, 0.25) is 0 Å². The lowest BCUT2D eigenvalue weighted by molar-refractivity contribution is 0.0986. The summed E-state index contributed by atoms with van der Waals surface area (Å²) in [5.41, 5.74) is 2.89. The molecule has 0 spiro atoms. The lowest BCUT2D eigenvalue weighted by atomic mass is 10.2. The van der Waals surface area contributed by atoms with Gasteiger partial charge in [0.25, 0.3) is 5.91 Å². The highest BCUT2D eigenvalue weighted by Gasteiger charge is 2.30. The van der Waals surface area contributed by atoms with Crippen LogP contribution in [0.1, 0.15) is 16.1 Å². The molecule has 1 aliphatic heterocycles. The van der Waals surface area contributed by atoms with E-state index in [2.05, 4.69) is 9.97 Å². The quantitative estimate of drug-likeness (QED) is 0.548. The van der Waals surface area contributed by atoms with Crippen LogP contribution in [0.3, 0.4) is 0 Å². The third-order valence-corrected chi connectivity index (χ3v) is 4.83. The maximum atomic E-state index is 13.3. The van der Waals surface area contributed by atoms with Crippen LogP contribution in [-0.2, 0) is 6.42 Å². The average Bonchev–Trinajstić information content (AvgIpc) is 3.30. The number of rotatable bonds is 2. The van der Waals surface area contributed by atoms with Crippen molar-refractivity contribution in [2.75, 3.05) is 11.4 Å². The van der Waals surface area contributed by atoms with Gasteiger partial charge in [-0.2, -0.15) is 0 Å². The minimum atomic E-state index is -0.310. The highest BCUT2D eigenvalue weighted by Crippen LogP contribution is 2.29. The Labute approximate surface area is 154 Å². The number of halogens is 1. The number of amides is 1. The Morgan fingerprint density at radius 2 is 1.89 bits per heavy atom. The van der Waals surface area contributed by atoms with Crippen molar-refractivity contribution < 1.29 is 9.18 Å². The number of aromatic nitrogens is 3. The van der Waals surface area contributed by atoms with E-state index in [1.807, 2.05) is 40.9 Å². The minimum absolute atomic E-state index is 0.176. The number of pyridine rings is 2. The molecule has 0 unspecified atom stereocenters. The first-order valence-electron chi connectivity index (χ1n) is 8.71. The molecule has 0 fully saturated rings. The van der Waals surface area contributed by atoms with Crippen molar-refractivity contribution in [2.45, 2.75) is 6.42 Å². The summed E-state index contributed by atoms with van der Waals surface area (Å²) in [5, 5.41) is 0. The van der Waals surface area contributed by atoms with E-state index in [1.54, 1.807) is 23.2 Å². The van der Waals surface area contributed by atoms with E-state index in [4.69, 9.17) is 0 Å². The first-order valence-corrected chi connectivity index (χ1v) is 8.71.